The van der Waals surface area contributed by atoms with Gasteiger partial charge >= 0.3 is 0 Å². The summed E-state index contributed by atoms with van der Waals surface area (Å²) in [5.74, 6) is 0.299. The molecule has 0 atom stereocenters. The zero-order valence-electron chi connectivity index (χ0n) is 7.00. The van der Waals surface area contributed by atoms with Gasteiger partial charge in [-0.25, -0.2) is 0 Å². The van der Waals surface area contributed by atoms with E-state index in [0.717, 1.165) is 15.6 Å². The lowest BCUT2D eigenvalue weighted by atomic mass is 10.1. The van der Waals surface area contributed by atoms with Gasteiger partial charge in [0.2, 0.25) is 5.88 Å². The third-order valence-corrected chi connectivity index (χ3v) is 2.71. The van der Waals surface area contributed by atoms with Crippen molar-refractivity contribution < 1.29 is 4.52 Å². The second-order valence-electron chi connectivity index (χ2n) is 2.73. The van der Waals surface area contributed by atoms with Crippen LogP contribution in [0.3, 0.4) is 0 Å². The molecular formula is C9H6BrClN2O. The smallest absolute Gasteiger partial charge is 0.229 e. The Kier molecular flexibility index (Phi) is 2.48. The normalized spacial score (nSPS) is 10.4. The average Bonchev–Trinajstić information content (AvgIpc) is 2.52. The van der Waals surface area contributed by atoms with E-state index < -0.39 is 0 Å². The SMILES string of the molecule is Nc1oncc1-c1ccc(Cl)cc1Br. The standard InChI is InChI=1S/C9H6BrClN2O/c10-8-3-5(11)1-2-6(8)7-4-13-14-9(7)12/h1-4H,12H2. The van der Waals surface area contributed by atoms with Gasteiger partial charge in [0.05, 0.1) is 11.8 Å². The van der Waals surface area contributed by atoms with Crippen molar-refractivity contribution in [1.29, 1.82) is 0 Å². The van der Waals surface area contributed by atoms with Crippen LogP contribution in [0, 0.1) is 0 Å². The molecule has 1 heterocycles. The van der Waals surface area contributed by atoms with Gasteiger partial charge in [0, 0.05) is 15.1 Å². The number of anilines is 1. The van der Waals surface area contributed by atoms with Gasteiger partial charge < -0.3 is 10.3 Å². The van der Waals surface area contributed by atoms with Gasteiger partial charge in [0.15, 0.2) is 0 Å². The minimum atomic E-state index is 0.299. The quantitative estimate of drug-likeness (QED) is 0.867. The van der Waals surface area contributed by atoms with Crippen LogP contribution in [0.5, 0.6) is 0 Å². The third kappa shape index (κ3) is 1.63. The molecule has 3 nitrogen and oxygen atoms in total. The lowest BCUT2D eigenvalue weighted by Gasteiger charge is -2.01. The van der Waals surface area contributed by atoms with Gasteiger partial charge in [-0.1, -0.05) is 38.8 Å². The van der Waals surface area contributed by atoms with Crippen LogP contribution >= 0.6 is 27.5 Å². The lowest BCUT2D eigenvalue weighted by molar-refractivity contribution is 0.436. The van der Waals surface area contributed by atoms with Crippen LogP contribution in [0.4, 0.5) is 5.88 Å². The minimum absolute atomic E-state index is 0.299. The molecule has 72 valence electrons. The second-order valence-corrected chi connectivity index (χ2v) is 4.02. The van der Waals surface area contributed by atoms with E-state index in [1.165, 1.54) is 0 Å². The van der Waals surface area contributed by atoms with Gasteiger partial charge in [0.25, 0.3) is 0 Å². The molecule has 0 amide bonds. The number of nitrogens with zero attached hydrogens (tertiary/aromatic N) is 1. The molecule has 0 aliphatic carbocycles. The van der Waals surface area contributed by atoms with Crippen LogP contribution in [0.1, 0.15) is 0 Å². The predicted molar refractivity (Wildman–Crippen MR) is 59.1 cm³/mol. The van der Waals surface area contributed by atoms with Crippen molar-refractivity contribution in [3.05, 3.63) is 33.9 Å². The van der Waals surface area contributed by atoms with Crippen molar-refractivity contribution in [2.75, 3.05) is 5.73 Å². The zero-order chi connectivity index (χ0) is 10.1. The number of halogens is 2. The maximum absolute atomic E-state index is 5.82. The van der Waals surface area contributed by atoms with Crippen LogP contribution in [-0.2, 0) is 0 Å². The number of nitrogen functional groups attached to an aromatic ring is 1. The Morgan fingerprint density at radius 2 is 2.14 bits per heavy atom. The average molecular weight is 274 g/mol. The number of hydrogen-bond acceptors (Lipinski definition) is 3. The predicted octanol–water partition coefficient (Wildman–Crippen LogP) is 3.34. The summed E-state index contributed by atoms with van der Waals surface area (Å²) in [4.78, 5) is 0. The van der Waals surface area contributed by atoms with E-state index in [0.29, 0.717) is 10.9 Å². The molecule has 2 rings (SSSR count). The minimum Gasteiger partial charge on any atom is -0.367 e. The summed E-state index contributed by atoms with van der Waals surface area (Å²) in [7, 11) is 0. The number of aromatic nitrogens is 1. The number of rotatable bonds is 1. The molecule has 2 aromatic rings. The van der Waals surface area contributed by atoms with Crippen molar-refractivity contribution in [3.63, 3.8) is 0 Å². The largest absolute Gasteiger partial charge is 0.367 e. The molecule has 0 saturated carbocycles. The molecular weight excluding hydrogens is 267 g/mol. The molecule has 0 saturated heterocycles. The van der Waals surface area contributed by atoms with E-state index in [1.807, 2.05) is 6.07 Å². The van der Waals surface area contributed by atoms with E-state index in [1.54, 1.807) is 18.3 Å². The summed E-state index contributed by atoms with van der Waals surface area (Å²) in [5.41, 5.74) is 7.26. The Bertz CT molecular complexity index is 470. The highest BCUT2D eigenvalue weighted by Crippen LogP contribution is 2.33. The first-order valence-corrected chi connectivity index (χ1v) is 5.01. The first kappa shape index (κ1) is 9.55. The molecule has 14 heavy (non-hydrogen) atoms. The molecule has 0 aliphatic heterocycles. The topological polar surface area (TPSA) is 52.0 Å². The van der Waals surface area contributed by atoms with Gasteiger partial charge in [-0.05, 0) is 12.1 Å². The summed E-state index contributed by atoms with van der Waals surface area (Å²) in [5, 5.41) is 4.27. The van der Waals surface area contributed by atoms with Crippen LogP contribution in [0.2, 0.25) is 5.02 Å². The van der Waals surface area contributed by atoms with Crippen molar-refractivity contribution in [3.8, 4) is 11.1 Å². The van der Waals surface area contributed by atoms with E-state index in [9.17, 15) is 0 Å². The monoisotopic (exact) mass is 272 g/mol. The fourth-order valence-electron chi connectivity index (χ4n) is 1.16. The van der Waals surface area contributed by atoms with Crippen LogP contribution in [0.15, 0.2) is 33.4 Å². The van der Waals surface area contributed by atoms with Gasteiger partial charge in [-0.3, -0.25) is 0 Å². The van der Waals surface area contributed by atoms with Gasteiger partial charge in [0.1, 0.15) is 0 Å². The number of hydrogen-bond donors (Lipinski definition) is 1. The zero-order valence-corrected chi connectivity index (χ0v) is 9.34. The molecule has 0 spiro atoms. The van der Waals surface area contributed by atoms with Gasteiger partial charge in [-0.2, -0.15) is 0 Å². The van der Waals surface area contributed by atoms with Crippen molar-refractivity contribution in [2.24, 2.45) is 0 Å². The maximum Gasteiger partial charge on any atom is 0.229 e. The first-order valence-electron chi connectivity index (χ1n) is 3.84. The van der Waals surface area contributed by atoms with Crippen LogP contribution in [-0.4, -0.2) is 5.16 Å². The van der Waals surface area contributed by atoms with E-state index >= 15 is 0 Å². The molecule has 2 N–H and O–H groups in total. The second kappa shape index (κ2) is 3.63. The highest BCUT2D eigenvalue weighted by atomic mass is 79.9. The van der Waals surface area contributed by atoms with E-state index in [4.69, 9.17) is 21.9 Å². The highest BCUT2D eigenvalue weighted by Gasteiger charge is 2.10. The molecule has 5 heteroatoms. The molecule has 1 aromatic carbocycles. The van der Waals surface area contributed by atoms with Crippen molar-refractivity contribution >= 4 is 33.4 Å². The number of benzene rings is 1. The van der Waals surface area contributed by atoms with Crippen molar-refractivity contribution in [2.45, 2.75) is 0 Å². The molecule has 0 aliphatic rings. The number of nitrogens with two attached hydrogens (primary N) is 1. The van der Waals surface area contributed by atoms with Crippen LogP contribution in [0.25, 0.3) is 11.1 Å². The van der Waals surface area contributed by atoms with E-state index in [2.05, 4.69) is 21.1 Å². The molecule has 0 unspecified atom stereocenters. The lowest BCUT2D eigenvalue weighted by Crippen LogP contribution is -1.85. The molecule has 1 aromatic heterocycles. The Balaban J connectivity index is 2.58. The summed E-state index contributed by atoms with van der Waals surface area (Å²) >= 11 is 9.21. The summed E-state index contributed by atoms with van der Waals surface area (Å²) < 4.78 is 5.64. The molecule has 0 bridgehead atoms. The Hall–Kier alpha value is -1.000. The summed E-state index contributed by atoms with van der Waals surface area (Å²) in [6.07, 6.45) is 1.57. The Morgan fingerprint density at radius 1 is 1.36 bits per heavy atom. The highest BCUT2D eigenvalue weighted by molar-refractivity contribution is 9.10. The van der Waals surface area contributed by atoms with E-state index in [-0.39, 0.29) is 0 Å². The fraction of sp³-hybridized carbons (Fsp3) is 0. The third-order valence-electron chi connectivity index (χ3n) is 1.82. The molecule has 0 radical (unpaired) electrons. The first-order chi connectivity index (χ1) is 6.68. The Labute approximate surface area is 94.0 Å². The maximum atomic E-state index is 5.82. The van der Waals surface area contributed by atoms with Crippen molar-refractivity contribution in [1.82, 2.24) is 5.16 Å². The Morgan fingerprint density at radius 3 is 2.71 bits per heavy atom. The summed E-state index contributed by atoms with van der Waals surface area (Å²) in [6, 6.07) is 5.44. The fourth-order valence-corrected chi connectivity index (χ4v) is 2.06. The molecule has 0 fully saturated rings. The summed E-state index contributed by atoms with van der Waals surface area (Å²) in [6.45, 7) is 0. The van der Waals surface area contributed by atoms with Crippen LogP contribution < -0.4 is 5.73 Å². The van der Waals surface area contributed by atoms with Gasteiger partial charge in [-0.15, -0.1) is 0 Å².